The number of hydrogen-bond donors (Lipinski definition) is 7. The Morgan fingerprint density at radius 2 is 1.25 bits per heavy atom. The van der Waals surface area contributed by atoms with Crippen molar-refractivity contribution in [2.45, 2.75) is 61.4 Å². The molecule has 2 aliphatic heterocycles. The van der Waals surface area contributed by atoms with Gasteiger partial charge >= 0.3 is 0 Å². The molecule has 24 heavy (non-hydrogen) atoms. The van der Waals surface area contributed by atoms with Gasteiger partial charge in [-0.1, -0.05) is 0 Å². The van der Waals surface area contributed by atoms with Gasteiger partial charge in [0.1, 0.15) is 48.8 Å². The van der Waals surface area contributed by atoms with Crippen molar-refractivity contribution in [2.75, 3.05) is 20.3 Å². The molecule has 2 saturated heterocycles. The summed E-state index contributed by atoms with van der Waals surface area (Å²) in [6, 6.07) is 0. The van der Waals surface area contributed by atoms with Crippen LogP contribution in [0.5, 0.6) is 0 Å². The van der Waals surface area contributed by atoms with Gasteiger partial charge in [0.05, 0.1) is 13.2 Å². The van der Waals surface area contributed by atoms with Crippen molar-refractivity contribution in [1.29, 1.82) is 0 Å². The number of aliphatic hydroxyl groups is 7. The molecule has 0 aromatic rings. The average Bonchev–Trinajstić information content (AvgIpc) is 2.59. The predicted octanol–water partition coefficient (Wildman–Crippen LogP) is -4.74. The van der Waals surface area contributed by atoms with Crippen LogP contribution in [-0.2, 0) is 18.9 Å². The van der Waals surface area contributed by atoms with Gasteiger partial charge < -0.3 is 54.7 Å². The lowest BCUT2D eigenvalue weighted by Crippen LogP contribution is -2.64. The van der Waals surface area contributed by atoms with E-state index in [0.717, 1.165) is 0 Å². The van der Waals surface area contributed by atoms with Gasteiger partial charge in [-0.25, -0.2) is 0 Å². The molecule has 0 bridgehead atoms. The van der Waals surface area contributed by atoms with E-state index in [1.54, 1.807) is 0 Å². The fourth-order valence-electron chi connectivity index (χ4n) is 2.75. The first-order valence-corrected chi connectivity index (χ1v) is 7.46. The summed E-state index contributed by atoms with van der Waals surface area (Å²) >= 11 is 0. The van der Waals surface area contributed by atoms with Crippen LogP contribution >= 0.6 is 0 Å². The monoisotopic (exact) mass is 356 g/mol. The second-order valence-corrected chi connectivity index (χ2v) is 5.74. The van der Waals surface area contributed by atoms with E-state index in [0.29, 0.717) is 0 Å². The van der Waals surface area contributed by atoms with Crippen LogP contribution < -0.4 is 0 Å². The smallest absolute Gasteiger partial charge is 0.187 e. The quantitative estimate of drug-likeness (QED) is 0.251. The molecule has 0 amide bonds. The lowest BCUT2D eigenvalue weighted by molar-refractivity contribution is -0.357. The number of aliphatic hydroxyl groups excluding tert-OH is 7. The van der Waals surface area contributed by atoms with E-state index in [1.807, 2.05) is 0 Å². The summed E-state index contributed by atoms with van der Waals surface area (Å²) in [5.41, 5.74) is 0. The summed E-state index contributed by atoms with van der Waals surface area (Å²) in [4.78, 5) is 0. The van der Waals surface area contributed by atoms with Gasteiger partial charge in [0.2, 0.25) is 0 Å². The summed E-state index contributed by atoms with van der Waals surface area (Å²) in [5, 5.41) is 68.0. The fraction of sp³-hybridized carbons (Fsp3) is 1.00. The van der Waals surface area contributed by atoms with Gasteiger partial charge in [-0.3, -0.25) is 0 Å². The Balaban J connectivity index is 2.12. The third-order valence-corrected chi connectivity index (χ3v) is 4.19. The Labute approximate surface area is 137 Å². The first kappa shape index (κ1) is 19.9. The van der Waals surface area contributed by atoms with Crippen LogP contribution in [-0.4, -0.2) is 117 Å². The molecule has 0 aromatic heterocycles. The minimum Gasteiger partial charge on any atom is -0.394 e. The number of ether oxygens (including phenoxy) is 4. The zero-order valence-corrected chi connectivity index (χ0v) is 13.0. The van der Waals surface area contributed by atoms with E-state index in [1.165, 1.54) is 7.11 Å². The maximum atomic E-state index is 10.2. The van der Waals surface area contributed by atoms with Gasteiger partial charge in [-0.05, 0) is 0 Å². The third-order valence-electron chi connectivity index (χ3n) is 4.19. The van der Waals surface area contributed by atoms with E-state index in [-0.39, 0.29) is 0 Å². The van der Waals surface area contributed by atoms with Gasteiger partial charge in [0, 0.05) is 7.11 Å². The molecule has 0 spiro atoms. The molecular weight excluding hydrogens is 332 g/mol. The van der Waals surface area contributed by atoms with Gasteiger partial charge in [-0.2, -0.15) is 0 Å². The molecule has 2 rings (SSSR count). The minimum atomic E-state index is -1.69. The second kappa shape index (κ2) is 8.29. The number of rotatable bonds is 5. The van der Waals surface area contributed by atoms with Crippen LogP contribution in [0.4, 0.5) is 0 Å². The number of methoxy groups -OCH3 is 1. The Kier molecular flexibility index (Phi) is 6.87. The molecule has 2 aliphatic rings. The Hall–Kier alpha value is -0.440. The average molecular weight is 356 g/mol. The summed E-state index contributed by atoms with van der Waals surface area (Å²) in [5.74, 6) is 0. The van der Waals surface area contributed by atoms with Crippen molar-refractivity contribution < 1.29 is 54.7 Å². The molecule has 2 heterocycles. The van der Waals surface area contributed by atoms with Crippen molar-refractivity contribution in [1.82, 2.24) is 0 Å². The highest BCUT2D eigenvalue weighted by atomic mass is 16.7. The molecule has 0 saturated carbocycles. The molecule has 11 nitrogen and oxygen atoms in total. The standard InChI is InChI=1S/C13H24O11/c1-21-12-10(20)8(18)11(5(3-15)23-12)24-13-9(19)7(17)6(16)4(2-14)22-13/h4-20H,2-3H2,1H3/t4-,5-,6-,7+,8-,9-,10-,11-,12-,13?/m1/s1. The van der Waals surface area contributed by atoms with E-state index in [2.05, 4.69) is 0 Å². The maximum Gasteiger partial charge on any atom is 0.187 e. The molecule has 10 atom stereocenters. The predicted molar refractivity (Wildman–Crippen MR) is 73.4 cm³/mol. The minimum absolute atomic E-state index is 0.592. The second-order valence-electron chi connectivity index (χ2n) is 5.74. The van der Waals surface area contributed by atoms with Crippen LogP contribution in [0.1, 0.15) is 0 Å². The lowest BCUT2D eigenvalue weighted by Gasteiger charge is -2.45. The topological polar surface area (TPSA) is 179 Å². The molecule has 0 aromatic carbocycles. The normalized spacial score (nSPS) is 50.0. The van der Waals surface area contributed by atoms with E-state index >= 15 is 0 Å². The first-order valence-electron chi connectivity index (χ1n) is 7.46. The van der Waals surface area contributed by atoms with Crippen LogP contribution in [0.2, 0.25) is 0 Å². The molecule has 142 valence electrons. The molecule has 1 unspecified atom stereocenters. The zero-order chi connectivity index (χ0) is 18.0. The summed E-state index contributed by atoms with van der Waals surface area (Å²) in [7, 11) is 1.24. The molecular formula is C13H24O11. The first-order chi connectivity index (χ1) is 11.3. The number of hydrogen-bond acceptors (Lipinski definition) is 11. The maximum absolute atomic E-state index is 10.2. The van der Waals surface area contributed by atoms with Crippen LogP contribution in [0.3, 0.4) is 0 Å². The van der Waals surface area contributed by atoms with Gasteiger partial charge in [0.15, 0.2) is 12.6 Å². The lowest BCUT2D eigenvalue weighted by atomic mass is 9.97. The highest BCUT2D eigenvalue weighted by Gasteiger charge is 2.50. The van der Waals surface area contributed by atoms with Crippen molar-refractivity contribution in [3.8, 4) is 0 Å². The Morgan fingerprint density at radius 1 is 0.708 bits per heavy atom. The molecule has 7 N–H and O–H groups in total. The zero-order valence-electron chi connectivity index (χ0n) is 13.0. The summed E-state index contributed by atoms with van der Waals surface area (Å²) < 4.78 is 20.6. The van der Waals surface area contributed by atoms with E-state index < -0.39 is 74.6 Å². The van der Waals surface area contributed by atoms with Crippen molar-refractivity contribution in [3.05, 3.63) is 0 Å². The van der Waals surface area contributed by atoms with Crippen LogP contribution in [0, 0.1) is 0 Å². The van der Waals surface area contributed by atoms with Crippen LogP contribution in [0.25, 0.3) is 0 Å². The van der Waals surface area contributed by atoms with Crippen LogP contribution in [0.15, 0.2) is 0 Å². The Morgan fingerprint density at radius 3 is 1.79 bits per heavy atom. The third kappa shape index (κ3) is 3.71. The summed E-state index contributed by atoms with van der Waals surface area (Å²) in [6.45, 7) is -1.24. The summed E-state index contributed by atoms with van der Waals surface area (Å²) in [6.07, 6.45) is -14.3. The SMILES string of the molecule is CO[C@@H]1O[C@H](CO)[C@@H](OC2O[C@H](CO)[C@@H](O)[C@H](O)[C@H]2O)[C@H](O)[C@H]1O. The molecule has 0 aliphatic carbocycles. The highest BCUT2D eigenvalue weighted by Crippen LogP contribution is 2.29. The molecule has 2 fully saturated rings. The molecule has 0 radical (unpaired) electrons. The highest BCUT2D eigenvalue weighted by molar-refractivity contribution is 4.93. The molecule has 11 heteroatoms. The van der Waals surface area contributed by atoms with Gasteiger partial charge in [0.25, 0.3) is 0 Å². The Bertz CT molecular complexity index is 392. The van der Waals surface area contributed by atoms with Crippen molar-refractivity contribution in [2.24, 2.45) is 0 Å². The fourth-order valence-corrected chi connectivity index (χ4v) is 2.75. The van der Waals surface area contributed by atoms with E-state index in [9.17, 15) is 30.6 Å². The van der Waals surface area contributed by atoms with Gasteiger partial charge in [-0.15, -0.1) is 0 Å². The van der Waals surface area contributed by atoms with E-state index in [4.69, 9.17) is 24.1 Å². The van der Waals surface area contributed by atoms with Crippen molar-refractivity contribution in [3.63, 3.8) is 0 Å². The largest absolute Gasteiger partial charge is 0.394 e. The van der Waals surface area contributed by atoms with Crippen molar-refractivity contribution >= 4 is 0 Å².